The number of amides is 1. The molecule has 1 aliphatic rings. The Bertz CT molecular complexity index is 347. The highest BCUT2D eigenvalue weighted by Gasteiger charge is 2.21. The third-order valence-corrected chi connectivity index (χ3v) is 2.55. The smallest absolute Gasteiger partial charge is 0.227 e. The molecule has 0 bridgehead atoms. The number of carbonyl (C=O) groups is 1. The summed E-state index contributed by atoms with van der Waals surface area (Å²) in [7, 11) is 1.89. The molecule has 0 saturated carbocycles. The Morgan fingerprint density at radius 1 is 1.53 bits per heavy atom. The van der Waals surface area contributed by atoms with E-state index in [0.717, 1.165) is 30.9 Å². The van der Waals surface area contributed by atoms with Crippen molar-refractivity contribution < 1.29 is 4.79 Å². The fourth-order valence-corrected chi connectivity index (χ4v) is 1.78. The Labute approximate surface area is 89.3 Å². The zero-order valence-corrected chi connectivity index (χ0v) is 8.86. The van der Waals surface area contributed by atoms with Crippen LogP contribution in [0, 0.1) is 0 Å². The van der Waals surface area contributed by atoms with Gasteiger partial charge in [0.2, 0.25) is 5.91 Å². The monoisotopic (exact) mass is 205 g/mol. The second-order valence-electron chi connectivity index (χ2n) is 3.69. The molecule has 4 nitrogen and oxygen atoms in total. The van der Waals surface area contributed by atoms with E-state index in [1.807, 2.05) is 19.2 Å². The van der Waals surface area contributed by atoms with Gasteiger partial charge in [-0.2, -0.15) is 0 Å². The van der Waals surface area contributed by atoms with Crippen molar-refractivity contribution in [3.8, 4) is 0 Å². The minimum absolute atomic E-state index is 0.207. The number of hydrogen-bond donors (Lipinski definition) is 1. The van der Waals surface area contributed by atoms with Gasteiger partial charge in [-0.1, -0.05) is 0 Å². The normalized spacial score (nSPS) is 16.1. The number of aromatic nitrogens is 1. The molecule has 0 radical (unpaired) electrons. The van der Waals surface area contributed by atoms with E-state index in [0.29, 0.717) is 6.42 Å². The first-order valence-electron chi connectivity index (χ1n) is 5.21. The van der Waals surface area contributed by atoms with E-state index < -0.39 is 0 Å². The first kappa shape index (κ1) is 10.1. The molecule has 1 aliphatic heterocycles. The summed E-state index contributed by atoms with van der Waals surface area (Å²) in [6.07, 6.45) is 3.39. The van der Waals surface area contributed by atoms with Crippen LogP contribution in [0.3, 0.4) is 0 Å². The molecule has 1 saturated heterocycles. The number of pyridine rings is 1. The minimum Gasteiger partial charge on any atom is -0.314 e. The summed E-state index contributed by atoms with van der Waals surface area (Å²) in [4.78, 5) is 17.6. The van der Waals surface area contributed by atoms with Crippen LogP contribution in [0.15, 0.2) is 18.3 Å². The zero-order valence-electron chi connectivity index (χ0n) is 8.86. The molecule has 1 aromatic heterocycles. The van der Waals surface area contributed by atoms with Crippen LogP contribution in [0.1, 0.15) is 18.5 Å². The molecular formula is C11H15N3O. The van der Waals surface area contributed by atoms with Crippen LogP contribution in [0.4, 0.5) is 5.69 Å². The van der Waals surface area contributed by atoms with E-state index in [2.05, 4.69) is 10.3 Å². The van der Waals surface area contributed by atoms with Gasteiger partial charge in [0.1, 0.15) is 0 Å². The molecule has 80 valence electrons. The predicted molar refractivity (Wildman–Crippen MR) is 58.6 cm³/mol. The first-order chi connectivity index (χ1) is 7.31. The number of rotatable bonds is 3. The van der Waals surface area contributed by atoms with Crippen LogP contribution < -0.4 is 10.2 Å². The molecule has 0 atom stereocenters. The highest BCUT2D eigenvalue weighted by Crippen LogP contribution is 2.20. The second-order valence-corrected chi connectivity index (χ2v) is 3.69. The van der Waals surface area contributed by atoms with Crippen molar-refractivity contribution in [2.75, 3.05) is 18.5 Å². The van der Waals surface area contributed by atoms with Gasteiger partial charge >= 0.3 is 0 Å². The molecule has 1 fully saturated rings. The van der Waals surface area contributed by atoms with Crippen LogP contribution in [0.25, 0.3) is 0 Å². The van der Waals surface area contributed by atoms with Crippen molar-refractivity contribution in [2.24, 2.45) is 0 Å². The van der Waals surface area contributed by atoms with Gasteiger partial charge in [0.25, 0.3) is 0 Å². The second kappa shape index (κ2) is 4.40. The van der Waals surface area contributed by atoms with Crippen LogP contribution in [0.5, 0.6) is 0 Å². The third kappa shape index (κ3) is 2.15. The quantitative estimate of drug-likeness (QED) is 0.798. The van der Waals surface area contributed by atoms with E-state index in [9.17, 15) is 4.79 Å². The van der Waals surface area contributed by atoms with Gasteiger partial charge in [-0.3, -0.25) is 9.78 Å². The minimum atomic E-state index is 0.207. The largest absolute Gasteiger partial charge is 0.314 e. The van der Waals surface area contributed by atoms with Gasteiger partial charge < -0.3 is 10.2 Å². The lowest BCUT2D eigenvalue weighted by Gasteiger charge is -2.15. The number of hydrogen-bond acceptors (Lipinski definition) is 3. The van der Waals surface area contributed by atoms with E-state index >= 15 is 0 Å². The summed E-state index contributed by atoms with van der Waals surface area (Å²) in [5.74, 6) is 0.207. The molecule has 0 unspecified atom stereocenters. The van der Waals surface area contributed by atoms with Gasteiger partial charge in [0, 0.05) is 19.5 Å². The highest BCUT2D eigenvalue weighted by molar-refractivity contribution is 5.95. The highest BCUT2D eigenvalue weighted by atomic mass is 16.2. The van der Waals surface area contributed by atoms with Crippen LogP contribution in [-0.2, 0) is 11.3 Å². The lowest BCUT2D eigenvalue weighted by atomic mass is 10.3. The van der Waals surface area contributed by atoms with E-state index in [-0.39, 0.29) is 5.91 Å². The maximum absolute atomic E-state index is 11.5. The molecule has 4 heteroatoms. The van der Waals surface area contributed by atoms with Crippen molar-refractivity contribution in [2.45, 2.75) is 19.4 Å². The maximum Gasteiger partial charge on any atom is 0.227 e. The number of nitrogens with zero attached hydrogens (tertiary/aromatic N) is 2. The fourth-order valence-electron chi connectivity index (χ4n) is 1.78. The van der Waals surface area contributed by atoms with Crippen LogP contribution in [-0.4, -0.2) is 24.5 Å². The van der Waals surface area contributed by atoms with Gasteiger partial charge in [0.05, 0.1) is 17.6 Å². The Morgan fingerprint density at radius 3 is 2.93 bits per heavy atom. The van der Waals surface area contributed by atoms with E-state index in [4.69, 9.17) is 0 Å². The molecule has 1 amide bonds. The molecule has 0 aliphatic carbocycles. The Kier molecular flexibility index (Phi) is 2.97. The molecule has 0 spiro atoms. The van der Waals surface area contributed by atoms with E-state index in [1.165, 1.54) is 0 Å². The summed E-state index contributed by atoms with van der Waals surface area (Å²) < 4.78 is 0. The summed E-state index contributed by atoms with van der Waals surface area (Å²) in [5, 5.41) is 3.04. The molecule has 2 rings (SSSR count). The summed E-state index contributed by atoms with van der Waals surface area (Å²) in [6, 6.07) is 3.92. The van der Waals surface area contributed by atoms with Crippen molar-refractivity contribution in [1.82, 2.24) is 10.3 Å². The summed E-state index contributed by atoms with van der Waals surface area (Å²) in [6.45, 7) is 1.58. The number of carbonyl (C=O) groups excluding carboxylic acids is 1. The Balaban J connectivity index is 2.12. The van der Waals surface area contributed by atoms with Crippen LogP contribution >= 0.6 is 0 Å². The molecule has 2 heterocycles. The lowest BCUT2D eigenvalue weighted by molar-refractivity contribution is -0.117. The van der Waals surface area contributed by atoms with Crippen molar-refractivity contribution in [3.05, 3.63) is 24.0 Å². The lowest BCUT2D eigenvalue weighted by Crippen LogP contribution is -2.23. The summed E-state index contributed by atoms with van der Waals surface area (Å²) >= 11 is 0. The van der Waals surface area contributed by atoms with Gasteiger partial charge in [-0.05, 0) is 25.6 Å². The first-order valence-corrected chi connectivity index (χ1v) is 5.21. The summed E-state index contributed by atoms with van der Waals surface area (Å²) in [5.41, 5.74) is 1.91. The fraction of sp³-hybridized carbons (Fsp3) is 0.455. The van der Waals surface area contributed by atoms with Crippen molar-refractivity contribution >= 4 is 11.6 Å². The Hall–Kier alpha value is -1.42. The third-order valence-electron chi connectivity index (χ3n) is 2.55. The average Bonchev–Trinajstić information content (AvgIpc) is 2.66. The van der Waals surface area contributed by atoms with Gasteiger partial charge in [-0.25, -0.2) is 0 Å². The van der Waals surface area contributed by atoms with Gasteiger partial charge in [0.15, 0.2) is 0 Å². The van der Waals surface area contributed by atoms with E-state index in [1.54, 1.807) is 11.1 Å². The Morgan fingerprint density at radius 2 is 2.40 bits per heavy atom. The predicted octanol–water partition coefficient (Wildman–Crippen LogP) is 0.928. The zero-order chi connectivity index (χ0) is 10.7. The molecule has 0 aromatic carbocycles. The van der Waals surface area contributed by atoms with Crippen LogP contribution in [0.2, 0.25) is 0 Å². The molecule has 1 N–H and O–H groups in total. The van der Waals surface area contributed by atoms with Gasteiger partial charge in [-0.15, -0.1) is 0 Å². The van der Waals surface area contributed by atoms with Crippen molar-refractivity contribution in [3.63, 3.8) is 0 Å². The maximum atomic E-state index is 11.5. The average molecular weight is 205 g/mol. The number of anilines is 1. The standard InChI is InChI=1S/C11H15N3O/c1-12-7-9-4-5-10(8-13-9)14-6-2-3-11(14)15/h4-5,8,12H,2-3,6-7H2,1H3. The topological polar surface area (TPSA) is 45.2 Å². The van der Waals surface area contributed by atoms with Crippen molar-refractivity contribution in [1.29, 1.82) is 0 Å². The molecule has 15 heavy (non-hydrogen) atoms. The molecule has 1 aromatic rings. The molecular weight excluding hydrogens is 190 g/mol. The SMILES string of the molecule is CNCc1ccc(N2CCCC2=O)cn1. The number of nitrogens with one attached hydrogen (secondary N) is 1.